The molecule has 2 aliphatic carbocycles. The van der Waals surface area contributed by atoms with E-state index >= 15 is 0 Å². The molecule has 2 aliphatic rings. The third-order valence-electron chi connectivity index (χ3n) is 4.18. The van der Waals surface area contributed by atoms with Crippen molar-refractivity contribution in [3.8, 4) is 0 Å². The molecule has 1 atom stereocenters. The van der Waals surface area contributed by atoms with Gasteiger partial charge in [-0.25, -0.2) is 0 Å². The van der Waals surface area contributed by atoms with E-state index in [1.807, 2.05) is 0 Å². The summed E-state index contributed by atoms with van der Waals surface area (Å²) in [6.07, 6.45) is 13.5. The van der Waals surface area contributed by atoms with Gasteiger partial charge < -0.3 is 10.4 Å². The zero-order valence-corrected chi connectivity index (χ0v) is 10.2. The van der Waals surface area contributed by atoms with Crippen LogP contribution in [-0.2, 0) is 0 Å². The third kappa shape index (κ3) is 3.60. The van der Waals surface area contributed by atoms with Gasteiger partial charge in [-0.15, -0.1) is 0 Å². The van der Waals surface area contributed by atoms with Crippen LogP contribution in [-0.4, -0.2) is 24.3 Å². The van der Waals surface area contributed by atoms with Gasteiger partial charge in [-0.1, -0.05) is 12.2 Å². The van der Waals surface area contributed by atoms with Gasteiger partial charge >= 0.3 is 0 Å². The van der Waals surface area contributed by atoms with E-state index in [1.54, 1.807) is 0 Å². The SMILES string of the molecule is OCC1CCC(NC[C@@H]2CC=CCC2)CC1. The highest BCUT2D eigenvalue weighted by atomic mass is 16.3. The summed E-state index contributed by atoms with van der Waals surface area (Å²) >= 11 is 0. The second-order valence-corrected chi connectivity index (χ2v) is 5.46. The molecule has 0 bridgehead atoms. The minimum atomic E-state index is 0.389. The first kappa shape index (κ1) is 12.1. The first-order valence-electron chi connectivity index (χ1n) is 6.87. The van der Waals surface area contributed by atoms with Crippen LogP contribution in [0, 0.1) is 11.8 Å². The van der Waals surface area contributed by atoms with Crippen molar-refractivity contribution in [2.24, 2.45) is 11.8 Å². The molecule has 16 heavy (non-hydrogen) atoms. The van der Waals surface area contributed by atoms with Crippen LogP contribution in [0.25, 0.3) is 0 Å². The first-order valence-corrected chi connectivity index (χ1v) is 6.87. The number of hydrogen-bond acceptors (Lipinski definition) is 2. The van der Waals surface area contributed by atoms with E-state index in [1.165, 1.54) is 51.5 Å². The fourth-order valence-corrected chi connectivity index (χ4v) is 2.92. The van der Waals surface area contributed by atoms with Crippen LogP contribution in [0.5, 0.6) is 0 Å². The molecule has 2 N–H and O–H groups in total. The monoisotopic (exact) mass is 223 g/mol. The van der Waals surface area contributed by atoms with Crippen LogP contribution < -0.4 is 5.32 Å². The first-order chi connectivity index (χ1) is 7.88. The number of aliphatic hydroxyl groups excluding tert-OH is 1. The lowest BCUT2D eigenvalue weighted by molar-refractivity contribution is 0.173. The Morgan fingerprint density at radius 1 is 1.00 bits per heavy atom. The van der Waals surface area contributed by atoms with Crippen molar-refractivity contribution in [1.29, 1.82) is 0 Å². The summed E-state index contributed by atoms with van der Waals surface area (Å²) < 4.78 is 0. The summed E-state index contributed by atoms with van der Waals surface area (Å²) in [5, 5.41) is 12.8. The Bertz CT molecular complexity index is 219. The molecule has 0 saturated heterocycles. The van der Waals surface area contributed by atoms with Crippen molar-refractivity contribution in [1.82, 2.24) is 5.32 Å². The maximum atomic E-state index is 9.08. The Kier molecular flexibility index (Phi) is 4.86. The van der Waals surface area contributed by atoms with Gasteiger partial charge in [0.2, 0.25) is 0 Å². The Labute approximate surface area is 99.1 Å². The van der Waals surface area contributed by atoms with Gasteiger partial charge in [0.1, 0.15) is 0 Å². The van der Waals surface area contributed by atoms with Crippen molar-refractivity contribution in [2.75, 3.05) is 13.2 Å². The molecule has 0 unspecified atom stereocenters. The average molecular weight is 223 g/mol. The lowest BCUT2D eigenvalue weighted by Crippen LogP contribution is -2.37. The summed E-state index contributed by atoms with van der Waals surface area (Å²) in [6, 6.07) is 0.716. The molecule has 2 nitrogen and oxygen atoms in total. The minimum Gasteiger partial charge on any atom is -0.396 e. The van der Waals surface area contributed by atoms with Crippen molar-refractivity contribution in [3.05, 3.63) is 12.2 Å². The molecule has 2 rings (SSSR count). The number of allylic oxidation sites excluding steroid dienone is 2. The third-order valence-corrected chi connectivity index (χ3v) is 4.18. The van der Waals surface area contributed by atoms with Gasteiger partial charge in [-0.05, 0) is 63.3 Å². The normalized spacial score (nSPS) is 35.2. The van der Waals surface area contributed by atoms with Crippen molar-refractivity contribution in [3.63, 3.8) is 0 Å². The van der Waals surface area contributed by atoms with Gasteiger partial charge in [0.15, 0.2) is 0 Å². The highest BCUT2D eigenvalue weighted by Gasteiger charge is 2.21. The summed E-state index contributed by atoms with van der Waals surface area (Å²) in [6.45, 7) is 1.58. The Hall–Kier alpha value is -0.340. The quantitative estimate of drug-likeness (QED) is 0.718. The Morgan fingerprint density at radius 2 is 1.81 bits per heavy atom. The molecule has 0 aliphatic heterocycles. The predicted octanol–water partition coefficient (Wildman–Crippen LogP) is 2.48. The average Bonchev–Trinajstić information content (AvgIpc) is 2.38. The van der Waals surface area contributed by atoms with Crippen LogP contribution in [0.3, 0.4) is 0 Å². The summed E-state index contributed by atoms with van der Waals surface area (Å²) in [4.78, 5) is 0. The molecule has 0 radical (unpaired) electrons. The molecular weight excluding hydrogens is 198 g/mol. The number of hydrogen-bond donors (Lipinski definition) is 2. The Balaban J connectivity index is 1.61. The van der Waals surface area contributed by atoms with E-state index in [0.717, 1.165) is 5.92 Å². The number of aliphatic hydroxyl groups is 1. The fourth-order valence-electron chi connectivity index (χ4n) is 2.92. The topological polar surface area (TPSA) is 32.3 Å². The predicted molar refractivity (Wildman–Crippen MR) is 67.3 cm³/mol. The molecular formula is C14H25NO. The molecule has 0 aromatic carbocycles. The second-order valence-electron chi connectivity index (χ2n) is 5.46. The second kappa shape index (κ2) is 6.41. The summed E-state index contributed by atoms with van der Waals surface area (Å²) in [7, 11) is 0. The van der Waals surface area contributed by atoms with E-state index in [2.05, 4.69) is 17.5 Å². The van der Waals surface area contributed by atoms with Crippen LogP contribution in [0.1, 0.15) is 44.9 Å². The highest BCUT2D eigenvalue weighted by Crippen LogP contribution is 2.24. The largest absolute Gasteiger partial charge is 0.396 e. The summed E-state index contributed by atoms with van der Waals surface area (Å²) in [5.41, 5.74) is 0. The van der Waals surface area contributed by atoms with Crippen LogP contribution in [0.2, 0.25) is 0 Å². The van der Waals surface area contributed by atoms with Crippen LogP contribution >= 0.6 is 0 Å². The van der Waals surface area contributed by atoms with Crippen LogP contribution in [0.15, 0.2) is 12.2 Å². The summed E-state index contributed by atoms with van der Waals surface area (Å²) in [5.74, 6) is 1.44. The Morgan fingerprint density at radius 3 is 2.44 bits per heavy atom. The van der Waals surface area contributed by atoms with Gasteiger partial charge in [-0.3, -0.25) is 0 Å². The lowest BCUT2D eigenvalue weighted by atomic mass is 9.86. The lowest BCUT2D eigenvalue weighted by Gasteiger charge is -2.29. The van der Waals surface area contributed by atoms with Crippen molar-refractivity contribution in [2.45, 2.75) is 51.0 Å². The molecule has 0 heterocycles. The molecule has 0 amide bonds. The van der Waals surface area contributed by atoms with Gasteiger partial charge in [-0.2, -0.15) is 0 Å². The van der Waals surface area contributed by atoms with E-state index in [0.29, 0.717) is 18.6 Å². The molecule has 1 fully saturated rings. The minimum absolute atomic E-state index is 0.389. The smallest absolute Gasteiger partial charge is 0.0459 e. The van der Waals surface area contributed by atoms with Gasteiger partial charge in [0, 0.05) is 12.6 Å². The zero-order chi connectivity index (χ0) is 11.2. The van der Waals surface area contributed by atoms with Crippen LogP contribution in [0.4, 0.5) is 0 Å². The molecule has 0 spiro atoms. The van der Waals surface area contributed by atoms with Crippen molar-refractivity contribution < 1.29 is 5.11 Å². The fraction of sp³-hybridized carbons (Fsp3) is 0.857. The molecule has 1 saturated carbocycles. The zero-order valence-electron chi connectivity index (χ0n) is 10.2. The molecule has 0 aromatic heterocycles. The number of rotatable bonds is 4. The highest BCUT2D eigenvalue weighted by molar-refractivity contribution is 4.91. The standard InChI is InChI=1S/C14H25NO/c16-11-13-6-8-14(9-7-13)15-10-12-4-2-1-3-5-12/h1-2,12-16H,3-11H2/t12-,13?,14?/m1/s1. The van der Waals surface area contributed by atoms with Crippen molar-refractivity contribution >= 4 is 0 Å². The van der Waals surface area contributed by atoms with E-state index in [9.17, 15) is 0 Å². The van der Waals surface area contributed by atoms with E-state index in [-0.39, 0.29) is 0 Å². The van der Waals surface area contributed by atoms with Gasteiger partial charge in [0.05, 0.1) is 0 Å². The molecule has 92 valence electrons. The van der Waals surface area contributed by atoms with Gasteiger partial charge in [0.25, 0.3) is 0 Å². The maximum Gasteiger partial charge on any atom is 0.0459 e. The van der Waals surface area contributed by atoms with E-state index < -0.39 is 0 Å². The number of nitrogens with one attached hydrogen (secondary N) is 1. The molecule has 2 heteroatoms. The molecule has 0 aromatic rings. The maximum absolute atomic E-state index is 9.08. The van der Waals surface area contributed by atoms with E-state index in [4.69, 9.17) is 5.11 Å².